The topological polar surface area (TPSA) is 103 Å². The van der Waals surface area contributed by atoms with Crippen LogP contribution in [0.4, 0.5) is 20.4 Å². The number of nitrogens with zero attached hydrogens (tertiary/aromatic N) is 6. The maximum atomic E-state index is 15.3. The van der Waals surface area contributed by atoms with Crippen molar-refractivity contribution in [2.24, 2.45) is 0 Å². The molecule has 244 valence electrons. The van der Waals surface area contributed by atoms with Gasteiger partial charge in [-0.3, -0.25) is 4.21 Å². The second-order valence-corrected chi connectivity index (χ2v) is 12.5. The molecule has 4 heterocycles. The molecule has 3 aromatic heterocycles. The molecule has 2 unspecified atom stereocenters. The first-order valence-electron chi connectivity index (χ1n) is 14.6. The third kappa shape index (κ3) is 6.63. The smallest absolute Gasteiger partial charge is 0.228 e. The van der Waals surface area contributed by atoms with E-state index in [9.17, 15) is 4.21 Å². The van der Waals surface area contributed by atoms with E-state index >= 15 is 8.78 Å². The van der Waals surface area contributed by atoms with Gasteiger partial charge in [0.2, 0.25) is 11.0 Å². The van der Waals surface area contributed by atoms with Crippen LogP contribution in [0.1, 0.15) is 29.7 Å². The van der Waals surface area contributed by atoms with Crippen LogP contribution in [0.15, 0.2) is 66.0 Å². The van der Waals surface area contributed by atoms with Crippen LogP contribution in [0.3, 0.4) is 0 Å². The Morgan fingerprint density at radius 1 is 1.00 bits per heavy atom. The van der Waals surface area contributed by atoms with Crippen molar-refractivity contribution in [3.8, 4) is 17.4 Å². The zero-order chi connectivity index (χ0) is 33.2. The van der Waals surface area contributed by atoms with Crippen molar-refractivity contribution in [2.75, 3.05) is 43.4 Å². The second-order valence-electron chi connectivity index (χ2n) is 10.9. The molecule has 0 bridgehead atoms. The lowest BCUT2D eigenvalue weighted by Crippen LogP contribution is -2.33. The van der Waals surface area contributed by atoms with Crippen molar-refractivity contribution in [1.29, 1.82) is 0 Å². The molecule has 0 saturated carbocycles. The number of pyridine rings is 2. The largest absolute Gasteiger partial charge is 0.497 e. The Morgan fingerprint density at radius 2 is 1.62 bits per heavy atom. The predicted octanol–water partition coefficient (Wildman–Crippen LogP) is 6.27. The molecule has 0 spiro atoms. The minimum absolute atomic E-state index is 0.0581. The molecule has 14 heteroatoms. The van der Waals surface area contributed by atoms with E-state index in [0.29, 0.717) is 24.5 Å². The Kier molecular flexibility index (Phi) is 9.37. The summed E-state index contributed by atoms with van der Waals surface area (Å²) in [6.45, 7) is 3.13. The van der Waals surface area contributed by atoms with Gasteiger partial charge in [-0.25, -0.2) is 23.7 Å². The summed E-state index contributed by atoms with van der Waals surface area (Å²) in [4.78, 5) is 21.4. The number of methoxy groups -OCH3 is 2. The van der Waals surface area contributed by atoms with Crippen LogP contribution in [-0.4, -0.2) is 57.8 Å². The number of hydrogen-bond acceptors (Lipinski definition) is 10. The molecule has 0 N–H and O–H groups in total. The Bertz CT molecular complexity index is 1900. The SMILES string of the molecule is COc1ccc(CN(Cc2ccc(OC)cc2)c2ncc(F)cc2C(C)N2CCOc3nc(Cl)c(F)c4nc(S(C)=O)nc2c34)cc1. The van der Waals surface area contributed by atoms with Crippen LogP contribution >= 0.6 is 11.6 Å². The third-order valence-corrected chi connectivity index (χ3v) is 8.86. The zero-order valence-electron chi connectivity index (χ0n) is 26.0. The minimum Gasteiger partial charge on any atom is -0.497 e. The Morgan fingerprint density at radius 3 is 2.19 bits per heavy atom. The van der Waals surface area contributed by atoms with Crippen molar-refractivity contribution < 1.29 is 27.2 Å². The second kappa shape index (κ2) is 13.6. The number of hydrogen-bond donors (Lipinski definition) is 0. The van der Waals surface area contributed by atoms with Gasteiger partial charge in [0.1, 0.15) is 46.5 Å². The molecule has 5 aromatic rings. The van der Waals surface area contributed by atoms with E-state index in [4.69, 9.17) is 25.8 Å². The van der Waals surface area contributed by atoms with Crippen molar-refractivity contribution in [2.45, 2.75) is 31.2 Å². The third-order valence-electron chi connectivity index (χ3n) is 7.92. The molecule has 2 atom stereocenters. The van der Waals surface area contributed by atoms with Crippen LogP contribution in [0.5, 0.6) is 17.4 Å². The molecule has 1 aliphatic heterocycles. The predicted molar refractivity (Wildman–Crippen MR) is 176 cm³/mol. The van der Waals surface area contributed by atoms with E-state index in [0.717, 1.165) is 22.6 Å². The van der Waals surface area contributed by atoms with E-state index in [-0.39, 0.29) is 40.9 Å². The fourth-order valence-corrected chi connectivity index (χ4v) is 6.14. The number of rotatable bonds is 10. The van der Waals surface area contributed by atoms with E-state index in [2.05, 4.69) is 24.8 Å². The van der Waals surface area contributed by atoms with Crippen molar-refractivity contribution in [1.82, 2.24) is 19.9 Å². The van der Waals surface area contributed by atoms with E-state index in [1.165, 1.54) is 18.5 Å². The molecule has 2 aromatic carbocycles. The quantitative estimate of drug-likeness (QED) is 0.124. The average Bonchev–Trinajstić information content (AvgIpc) is 3.26. The van der Waals surface area contributed by atoms with Crippen molar-refractivity contribution in [3.63, 3.8) is 0 Å². The molecule has 0 saturated heterocycles. The highest BCUT2D eigenvalue weighted by Gasteiger charge is 2.32. The lowest BCUT2D eigenvalue weighted by Gasteiger charge is -2.33. The van der Waals surface area contributed by atoms with Gasteiger partial charge in [0.05, 0.1) is 43.8 Å². The highest BCUT2D eigenvalue weighted by molar-refractivity contribution is 7.84. The van der Waals surface area contributed by atoms with Gasteiger partial charge < -0.3 is 24.0 Å². The van der Waals surface area contributed by atoms with Crippen LogP contribution in [0.25, 0.3) is 10.9 Å². The van der Waals surface area contributed by atoms with Crippen LogP contribution < -0.4 is 24.0 Å². The molecular weight excluding hydrogens is 650 g/mol. The minimum atomic E-state index is -1.66. The van der Waals surface area contributed by atoms with Gasteiger partial charge in [-0.15, -0.1) is 0 Å². The van der Waals surface area contributed by atoms with Crippen LogP contribution in [0, 0.1) is 11.6 Å². The fraction of sp³-hybridized carbons (Fsp3) is 0.273. The monoisotopic (exact) mass is 680 g/mol. The van der Waals surface area contributed by atoms with Gasteiger partial charge in [0, 0.05) is 24.9 Å². The molecule has 1 aliphatic rings. The molecular formula is C33H31ClF2N6O4S. The summed E-state index contributed by atoms with van der Waals surface area (Å²) < 4.78 is 59.6. The molecule has 47 heavy (non-hydrogen) atoms. The Labute approximate surface area is 277 Å². The highest BCUT2D eigenvalue weighted by Crippen LogP contribution is 2.41. The molecule has 0 fully saturated rings. The summed E-state index contributed by atoms with van der Waals surface area (Å²) >= 11 is 6.08. The Hall–Kier alpha value is -4.62. The van der Waals surface area contributed by atoms with Crippen molar-refractivity contribution >= 4 is 44.9 Å². The summed E-state index contributed by atoms with van der Waals surface area (Å²) in [7, 11) is 1.56. The van der Waals surface area contributed by atoms with E-state index < -0.39 is 33.6 Å². The number of benzene rings is 2. The standard InChI is InChI=1S/C33H31ClF2N6O4S/c1-19(42-13-14-46-32-26-28(27(36)29(34)39-32)38-33(47(4)43)40-31(26)42)25-15-22(35)16-37-30(25)41(17-20-5-9-23(44-2)10-6-20)18-21-7-11-24(45-3)12-8-21/h5-12,15-16,19H,13-14,17-18H2,1-4H3. The number of ether oxygens (including phenoxy) is 3. The molecule has 10 nitrogen and oxygen atoms in total. The number of aromatic nitrogens is 4. The van der Waals surface area contributed by atoms with Gasteiger partial charge in [-0.1, -0.05) is 35.9 Å². The average molecular weight is 681 g/mol. The zero-order valence-corrected chi connectivity index (χ0v) is 27.6. The summed E-state index contributed by atoms with van der Waals surface area (Å²) in [6, 6.07) is 16.2. The van der Waals surface area contributed by atoms with Gasteiger partial charge >= 0.3 is 0 Å². The maximum Gasteiger partial charge on any atom is 0.228 e. The summed E-state index contributed by atoms with van der Waals surface area (Å²) in [5.74, 6) is 0.878. The molecule has 0 amide bonds. The maximum absolute atomic E-state index is 15.3. The van der Waals surface area contributed by atoms with E-state index in [1.807, 2.05) is 60.4 Å². The summed E-state index contributed by atoms with van der Waals surface area (Å²) in [5.41, 5.74) is 2.34. The highest BCUT2D eigenvalue weighted by atomic mass is 35.5. The summed E-state index contributed by atoms with van der Waals surface area (Å²) in [6.07, 6.45) is 2.59. The fourth-order valence-electron chi connectivity index (χ4n) is 5.54. The number of anilines is 2. The van der Waals surface area contributed by atoms with Gasteiger partial charge in [0.15, 0.2) is 11.0 Å². The van der Waals surface area contributed by atoms with Crippen LogP contribution in [-0.2, 0) is 23.9 Å². The normalized spacial score (nSPS) is 13.9. The first kappa shape index (κ1) is 32.3. The molecule has 0 aliphatic carbocycles. The van der Waals surface area contributed by atoms with Crippen LogP contribution in [0.2, 0.25) is 5.15 Å². The lowest BCUT2D eigenvalue weighted by atomic mass is 10.0. The molecule has 6 rings (SSSR count). The summed E-state index contributed by atoms with van der Waals surface area (Å²) in [5, 5.41) is -0.322. The first-order chi connectivity index (χ1) is 22.7. The van der Waals surface area contributed by atoms with Gasteiger partial charge in [-0.2, -0.15) is 4.98 Å². The Balaban J connectivity index is 1.47. The van der Waals surface area contributed by atoms with Gasteiger partial charge in [-0.05, 0) is 48.4 Å². The van der Waals surface area contributed by atoms with Gasteiger partial charge in [0.25, 0.3) is 0 Å². The van der Waals surface area contributed by atoms with E-state index in [1.54, 1.807) is 14.2 Å². The molecule has 0 radical (unpaired) electrons. The van der Waals surface area contributed by atoms with Crippen molar-refractivity contribution in [3.05, 3.63) is 94.3 Å². The number of halogens is 3. The first-order valence-corrected chi connectivity index (χ1v) is 16.6. The lowest BCUT2D eigenvalue weighted by molar-refractivity contribution is 0.316.